The van der Waals surface area contributed by atoms with Crippen molar-refractivity contribution in [2.45, 2.75) is 25.7 Å². The summed E-state index contributed by atoms with van der Waals surface area (Å²) in [5.74, 6) is 0.962. The fraction of sp³-hybridized carbons (Fsp3) is 0.615. The molecule has 0 aromatic carbocycles. The first-order chi connectivity index (χ1) is 7.65. The summed E-state index contributed by atoms with van der Waals surface area (Å²) in [7, 11) is 2.15. The number of hydrogen-bond donors (Lipinski definition) is 0. The molecule has 0 bridgehead atoms. The van der Waals surface area contributed by atoms with Crippen molar-refractivity contribution in [1.29, 1.82) is 0 Å². The lowest BCUT2D eigenvalue weighted by Gasteiger charge is -2.24. The molecular weight excluding hydrogens is 200 g/mol. The van der Waals surface area contributed by atoms with Gasteiger partial charge in [-0.25, -0.2) is 0 Å². The van der Waals surface area contributed by atoms with Gasteiger partial charge in [-0.3, -0.25) is 4.98 Å². The van der Waals surface area contributed by atoms with Gasteiger partial charge in [0.1, 0.15) is 5.75 Å². The third-order valence-corrected chi connectivity index (χ3v) is 3.47. The normalized spacial score (nSPS) is 23.2. The minimum atomic E-state index is 0.0834. The molecule has 3 heteroatoms. The number of hydrogen-bond acceptors (Lipinski definition) is 3. The topological polar surface area (TPSA) is 25.4 Å². The number of aromatic nitrogens is 1. The minimum absolute atomic E-state index is 0.0834. The minimum Gasteiger partial charge on any atom is -0.491 e. The molecule has 0 N–H and O–H groups in total. The second-order valence-electron chi connectivity index (χ2n) is 4.85. The van der Waals surface area contributed by atoms with Crippen molar-refractivity contribution in [3.8, 4) is 5.75 Å². The van der Waals surface area contributed by atoms with Crippen molar-refractivity contribution in [2.24, 2.45) is 0 Å². The van der Waals surface area contributed by atoms with E-state index in [-0.39, 0.29) is 5.41 Å². The van der Waals surface area contributed by atoms with Crippen molar-refractivity contribution in [2.75, 3.05) is 26.7 Å². The summed E-state index contributed by atoms with van der Waals surface area (Å²) >= 11 is 0. The molecule has 1 unspecified atom stereocenters. The highest BCUT2D eigenvalue weighted by Crippen LogP contribution is 2.38. The lowest BCUT2D eigenvalue weighted by atomic mass is 9.85. The second-order valence-corrected chi connectivity index (χ2v) is 4.85. The van der Waals surface area contributed by atoms with Crippen molar-refractivity contribution < 1.29 is 4.74 Å². The van der Waals surface area contributed by atoms with E-state index in [0.29, 0.717) is 0 Å². The quantitative estimate of drug-likeness (QED) is 0.776. The Balaban J connectivity index is 2.10. The zero-order valence-electron chi connectivity index (χ0n) is 10.4. The first-order valence-electron chi connectivity index (χ1n) is 5.92. The molecule has 1 aliphatic heterocycles. The van der Waals surface area contributed by atoms with Crippen LogP contribution in [0.25, 0.3) is 0 Å². The van der Waals surface area contributed by atoms with Crippen molar-refractivity contribution >= 4 is 0 Å². The fourth-order valence-electron chi connectivity index (χ4n) is 2.05. The third kappa shape index (κ3) is 2.05. The number of pyridine rings is 1. The van der Waals surface area contributed by atoms with Gasteiger partial charge in [0.25, 0.3) is 0 Å². The zero-order valence-corrected chi connectivity index (χ0v) is 10.4. The average molecular weight is 220 g/mol. The summed E-state index contributed by atoms with van der Waals surface area (Å²) < 4.78 is 5.70. The molecule has 0 saturated heterocycles. The van der Waals surface area contributed by atoms with Gasteiger partial charge in [-0.05, 0) is 38.7 Å². The monoisotopic (exact) mass is 220 g/mol. The van der Waals surface area contributed by atoms with Gasteiger partial charge in [0.2, 0.25) is 0 Å². The zero-order chi connectivity index (χ0) is 11.6. The molecule has 1 aliphatic rings. The summed E-state index contributed by atoms with van der Waals surface area (Å²) in [5, 5.41) is 0. The van der Waals surface area contributed by atoms with Gasteiger partial charge < -0.3 is 9.64 Å². The van der Waals surface area contributed by atoms with Crippen LogP contribution >= 0.6 is 0 Å². The highest BCUT2D eigenvalue weighted by molar-refractivity contribution is 5.37. The Labute approximate surface area is 97.4 Å². The van der Waals surface area contributed by atoms with Gasteiger partial charge in [-0.1, -0.05) is 13.8 Å². The van der Waals surface area contributed by atoms with E-state index >= 15 is 0 Å². The van der Waals surface area contributed by atoms with Crippen LogP contribution in [0, 0.1) is 0 Å². The summed E-state index contributed by atoms with van der Waals surface area (Å²) in [6, 6.07) is 3.94. The van der Waals surface area contributed by atoms with Gasteiger partial charge in [0, 0.05) is 11.6 Å². The average Bonchev–Trinajstić information content (AvgIpc) is 2.66. The third-order valence-electron chi connectivity index (χ3n) is 3.47. The van der Waals surface area contributed by atoms with Crippen molar-refractivity contribution in [3.63, 3.8) is 0 Å². The van der Waals surface area contributed by atoms with Crippen molar-refractivity contribution in [3.05, 3.63) is 24.0 Å². The van der Waals surface area contributed by atoms with Crippen molar-refractivity contribution in [1.82, 2.24) is 9.88 Å². The van der Waals surface area contributed by atoms with Crippen LogP contribution in [0.2, 0.25) is 0 Å². The Kier molecular flexibility index (Phi) is 3.15. The molecule has 0 radical (unpaired) electrons. The van der Waals surface area contributed by atoms with Gasteiger partial charge in [0.05, 0.1) is 12.3 Å². The molecular formula is C13H20N2O. The van der Waals surface area contributed by atoms with Crippen LogP contribution in [0.15, 0.2) is 18.3 Å². The maximum Gasteiger partial charge on any atom is 0.141 e. The molecule has 1 aromatic rings. The summed E-state index contributed by atoms with van der Waals surface area (Å²) in [4.78, 5) is 6.80. The van der Waals surface area contributed by atoms with Gasteiger partial charge in [-0.2, -0.15) is 0 Å². The van der Waals surface area contributed by atoms with E-state index < -0.39 is 0 Å². The molecule has 1 atom stereocenters. The van der Waals surface area contributed by atoms with Crippen LogP contribution in [-0.4, -0.2) is 36.6 Å². The van der Waals surface area contributed by atoms with Gasteiger partial charge >= 0.3 is 0 Å². The first-order valence-corrected chi connectivity index (χ1v) is 5.92. The van der Waals surface area contributed by atoms with E-state index in [0.717, 1.165) is 37.6 Å². The van der Waals surface area contributed by atoms with E-state index in [1.807, 2.05) is 18.3 Å². The standard InChI is InChI=1S/C13H20N2O/c1-4-15(3)9-7-13(2)10-16-11-6-5-8-14-12(11)13/h5-6,8H,4,7,9-10H2,1-3H3. The molecule has 88 valence electrons. The van der Waals surface area contributed by atoms with Crippen LogP contribution in [0.3, 0.4) is 0 Å². The van der Waals surface area contributed by atoms with Gasteiger partial charge in [-0.15, -0.1) is 0 Å². The molecule has 0 saturated carbocycles. The molecule has 3 nitrogen and oxygen atoms in total. The molecule has 0 aliphatic carbocycles. The highest BCUT2D eigenvalue weighted by Gasteiger charge is 2.37. The Hall–Kier alpha value is -1.09. The molecule has 0 fully saturated rings. The molecule has 0 amide bonds. The molecule has 1 aromatic heterocycles. The highest BCUT2D eigenvalue weighted by atomic mass is 16.5. The van der Waals surface area contributed by atoms with Crippen LogP contribution in [-0.2, 0) is 5.41 Å². The summed E-state index contributed by atoms with van der Waals surface area (Å²) in [6.07, 6.45) is 2.96. The molecule has 2 heterocycles. The maximum absolute atomic E-state index is 5.70. The Morgan fingerprint density at radius 1 is 1.56 bits per heavy atom. The predicted octanol–water partition coefficient (Wildman–Crippen LogP) is 2.07. The second kappa shape index (κ2) is 4.42. The maximum atomic E-state index is 5.70. The lowest BCUT2D eigenvalue weighted by Crippen LogP contribution is -2.31. The summed E-state index contributed by atoms with van der Waals surface area (Å²) in [6.45, 7) is 7.37. The number of ether oxygens (including phenoxy) is 1. The van der Waals surface area contributed by atoms with E-state index in [1.165, 1.54) is 0 Å². The Morgan fingerprint density at radius 2 is 2.38 bits per heavy atom. The van der Waals surface area contributed by atoms with Crippen LogP contribution in [0.4, 0.5) is 0 Å². The van der Waals surface area contributed by atoms with E-state index in [9.17, 15) is 0 Å². The number of fused-ring (bicyclic) bond motifs is 1. The molecule has 2 rings (SSSR count). The fourth-order valence-corrected chi connectivity index (χ4v) is 2.05. The lowest BCUT2D eigenvalue weighted by molar-refractivity contribution is 0.237. The number of rotatable bonds is 4. The molecule has 16 heavy (non-hydrogen) atoms. The van der Waals surface area contributed by atoms with Crippen LogP contribution < -0.4 is 4.74 Å². The van der Waals surface area contributed by atoms with Crippen LogP contribution in [0.5, 0.6) is 5.75 Å². The van der Waals surface area contributed by atoms with E-state index in [4.69, 9.17) is 4.74 Å². The predicted molar refractivity (Wildman–Crippen MR) is 64.9 cm³/mol. The van der Waals surface area contributed by atoms with E-state index in [1.54, 1.807) is 0 Å². The number of nitrogens with zero attached hydrogens (tertiary/aromatic N) is 2. The summed E-state index contributed by atoms with van der Waals surface area (Å²) in [5.41, 5.74) is 1.21. The largest absolute Gasteiger partial charge is 0.491 e. The Morgan fingerprint density at radius 3 is 3.12 bits per heavy atom. The smallest absolute Gasteiger partial charge is 0.141 e. The van der Waals surface area contributed by atoms with Crippen LogP contribution in [0.1, 0.15) is 26.0 Å². The van der Waals surface area contributed by atoms with E-state index in [2.05, 4.69) is 30.8 Å². The van der Waals surface area contributed by atoms with Gasteiger partial charge in [0.15, 0.2) is 0 Å². The SMILES string of the molecule is CCN(C)CCC1(C)COc2cccnc21. The molecule has 0 spiro atoms. The Bertz CT molecular complexity index is 367. The first kappa shape index (κ1) is 11.4.